The van der Waals surface area contributed by atoms with Crippen LogP contribution < -0.4 is 10.6 Å². The van der Waals surface area contributed by atoms with Gasteiger partial charge >= 0.3 is 0 Å². The van der Waals surface area contributed by atoms with Crippen molar-refractivity contribution in [2.45, 2.75) is 32.7 Å². The minimum Gasteiger partial charge on any atom is -0.372 e. The molecule has 0 aliphatic carbocycles. The van der Waals surface area contributed by atoms with Crippen LogP contribution in [0.2, 0.25) is 0 Å². The molecule has 0 aromatic carbocycles. The van der Waals surface area contributed by atoms with Crippen LogP contribution in [0.1, 0.15) is 24.1 Å². The first-order valence-corrected chi connectivity index (χ1v) is 7.85. The molecule has 3 heterocycles. The Hall–Kier alpha value is -1.95. The van der Waals surface area contributed by atoms with Gasteiger partial charge in [-0.15, -0.1) is 0 Å². The van der Waals surface area contributed by atoms with Crippen molar-refractivity contribution in [1.29, 1.82) is 0 Å². The summed E-state index contributed by atoms with van der Waals surface area (Å²) in [6.07, 6.45) is 2.24. The summed E-state index contributed by atoms with van der Waals surface area (Å²) in [7, 11) is 4.05. The number of rotatable bonds is 3. The van der Waals surface area contributed by atoms with E-state index in [-0.39, 0.29) is 0 Å². The lowest BCUT2D eigenvalue weighted by Gasteiger charge is -2.29. The van der Waals surface area contributed by atoms with Gasteiger partial charge < -0.3 is 15.5 Å². The lowest BCUT2D eigenvalue weighted by molar-refractivity contribution is 0.263. The third-order valence-corrected chi connectivity index (χ3v) is 4.28. The van der Waals surface area contributed by atoms with Crippen LogP contribution in [0.25, 0.3) is 11.0 Å². The molecule has 2 aromatic heterocycles. The average Bonchev–Trinajstić information content (AvgIpc) is 2.48. The number of hydrogen-bond acceptors (Lipinski definition) is 6. The maximum Gasteiger partial charge on any atom is 0.226 e. The van der Waals surface area contributed by atoms with Gasteiger partial charge in [-0.05, 0) is 58.5 Å². The van der Waals surface area contributed by atoms with Crippen LogP contribution in [-0.2, 0) is 0 Å². The van der Waals surface area contributed by atoms with Gasteiger partial charge in [-0.1, -0.05) is 0 Å². The molecule has 2 aromatic rings. The van der Waals surface area contributed by atoms with Gasteiger partial charge in [0.15, 0.2) is 5.65 Å². The molecule has 0 spiro atoms. The van der Waals surface area contributed by atoms with Gasteiger partial charge in [0.05, 0.1) is 5.39 Å². The van der Waals surface area contributed by atoms with Crippen molar-refractivity contribution in [3.63, 3.8) is 0 Å². The Labute approximate surface area is 131 Å². The van der Waals surface area contributed by atoms with Gasteiger partial charge in [0.1, 0.15) is 5.82 Å². The van der Waals surface area contributed by atoms with Crippen LogP contribution in [0.15, 0.2) is 6.07 Å². The highest BCUT2D eigenvalue weighted by Crippen LogP contribution is 2.25. The Morgan fingerprint density at radius 3 is 2.55 bits per heavy atom. The predicted octanol–water partition coefficient (Wildman–Crippen LogP) is 2.19. The molecule has 6 heteroatoms. The van der Waals surface area contributed by atoms with E-state index in [4.69, 9.17) is 0 Å². The van der Waals surface area contributed by atoms with E-state index in [1.54, 1.807) is 0 Å². The molecule has 3 rings (SSSR count). The van der Waals surface area contributed by atoms with Crippen LogP contribution in [-0.4, -0.2) is 53.1 Å². The van der Waals surface area contributed by atoms with Crippen LogP contribution >= 0.6 is 0 Å². The zero-order valence-corrected chi connectivity index (χ0v) is 13.8. The zero-order valence-electron chi connectivity index (χ0n) is 13.8. The minimum absolute atomic E-state index is 0.435. The average molecular weight is 300 g/mol. The number of fused-ring (bicyclic) bond motifs is 1. The lowest BCUT2D eigenvalue weighted by Crippen LogP contribution is -2.37. The Bertz CT molecular complexity index is 676. The number of aryl methyl sites for hydroxylation is 2. The maximum absolute atomic E-state index is 4.64. The topological polar surface area (TPSA) is 66.0 Å². The van der Waals surface area contributed by atoms with Crippen molar-refractivity contribution in [3.8, 4) is 0 Å². The summed E-state index contributed by atoms with van der Waals surface area (Å²) in [5, 5.41) is 7.66. The van der Waals surface area contributed by atoms with Gasteiger partial charge in [0, 0.05) is 18.8 Å². The highest BCUT2D eigenvalue weighted by molar-refractivity contribution is 5.90. The predicted molar refractivity (Wildman–Crippen MR) is 90.5 cm³/mol. The summed E-state index contributed by atoms with van der Waals surface area (Å²) in [6, 6.07) is 2.50. The molecule has 2 N–H and O–H groups in total. The van der Waals surface area contributed by atoms with Gasteiger partial charge in [0.25, 0.3) is 0 Å². The Balaban J connectivity index is 1.93. The van der Waals surface area contributed by atoms with Gasteiger partial charge in [-0.25, -0.2) is 4.98 Å². The fourth-order valence-corrected chi connectivity index (χ4v) is 3.06. The molecule has 1 aliphatic heterocycles. The fourth-order valence-electron chi connectivity index (χ4n) is 3.06. The number of anilines is 2. The van der Waals surface area contributed by atoms with E-state index in [2.05, 4.69) is 50.5 Å². The maximum atomic E-state index is 4.64. The second-order valence-corrected chi connectivity index (χ2v) is 6.15. The quantitative estimate of drug-likeness (QED) is 0.906. The van der Waals surface area contributed by atoms with E-state index in [0.29, 0.717) is 12.0 Å². The van der Waals surface area contributed by atoms with Crippen molar-refractivity contribution in [3.05, 3.63) is 17.3 Å². The van der Waals surface area contributed by atoms with Crippen LogP contribution in [0.3, 0.4) is 0 Å². The SMILES string of the molecule is CNc1nc(NC2CCN(C)CC2)nc2nc(C)cc(C)c12. The molecule has 0 saturated carbocycles. The summed E-state index contributed by atoms with van der Waals surface area (Å²) in [6.45, 7) is 6.30. The first-order chi connectivity index (χ1) is 10.6. The molecule has 1 fully saturated rings. The molecule has 0 amide bonds. The summed E-state index contributed by atoms with van der Waals surface area (Å²) in [4.78, 5) is 16.2. The molecule has 0 bridgehead atoms. The molecule has 1 saturated heterocycles. The van der Waals surface area contributed by atoms with Gasteiger partial charge in [0.2, 0.25) is 5.95 Å². The molecule has 1 aliphatic rings. The molecular formula is C16H24N6. The fraction of sp³-hybridized carbons (Fsp3) is 0.562. The second-order valence-electron chi connectivity index (χ2n) is 6.15. The normalized spacial score (nSPS) is 16.9. The van der Waals surface area contributed by atoms with E-state index < -0.39 is 0 Å². The number of hydrogen-bond donors (Lipinski definition) is 2. The van der Waals surface area contributed by atoms with Crippen molar-refractivity contribution in [1.82, 2.24) is 19.9 Å². The Morgan fingerprint density at radius 2 is 1.86 bits per heavy atom. The zero-order chi connectivity index (χ0) is 15.7. The van der Waals surface area contributed by atoms with Crippen molar-refractivity contribution >= 4 is 22.8 Å². The third-order valence-electron chi connectivity index (χ3n) is 4.28. The highest BCUT2D eigenvalue weighted by atomic mass is 15.2. The first-order valence-electron chi connectivity index (χ1n) is 7.85. The van der Waals surface area contributed by atoms with E-state index in [1.807, 2.05) is 14.0 Å². The third kappa shape index (κ3) is 2.97. The van der Waals surface area contributed by atoms with Crippen LogP contribution in [0.4, 0.5) is 11.8 Å². The molecule has 22 heavy (non-hydrogen) atoms. The van der Waals surface area contributed by atoms with Crippen LogP contribution in [0, 0.1) is 13.8 Å². The Morgan fingerprint density at radius 1 is 1.14 bits per heavy atom. The summed E-state index contributed by atoms with van der Waals surface area (Å²) >= 11 is 0. The van der Waals surface area contributed by atoms with E-state index in [9.17, 15) is 0 Å². The van der Waals surface area contributed by atoms with Crippen molar-refractivity contribution < 1.29 is 0 Å². The second kappa shape index (κ2) is 6.04. The van der Waals surface area contributed by atoms with Crippen LogP contribution in [0.5, 0.6) is 0 Å². The molecule has 0 radical (unpaired) electrons. The number of likely N-dealkylation sites (tertiary alicyclic amines) is 1. The lowest BCUT2D eigenvalue weighted by atomic mass is 10.1. The van der Waals surface area contributed by atoms with Gasteiger partial charge in [-0.3, -0.25) is 0 Å². The Kier molecular flexibility index (Phi) is 4.11. The number of aromatic nitrogens is 3. The molecule has 118 valence electrons. The first kappa shape index (κ1) is 15.0. The standard InChI is InChI=1S/C16H24N6/c1-10-9-11(2)18-15-13(10)14(17-3)20-16(21-15)19-12-5-7-22(4)8-6-12/h9,12H,5-8H2,1-4H3,(H2,17,18,19,20,21). The van der Waals surface area contributed by atoms with E-state index >= 15 is 0 Å². The smallest absolute Gasteiger partial charge is 0.226 e. The monoisotopic (exact) mass is 300 g/mol. The highest BCUT2D eigenvalue weighted by Gasteiger charge is 2.18. The van der Waals surface area contributed by atoms with E-state index in [0.717, 1.165) is 54.0 Å². The largest absolute Gasteiger partial charge is 0.372 e. The summed E-state index contributed by atoms with van der Waals surface area (Å²) in [5.74, 6) is 1.51. The summed E-state index contributed by atoms with van der Waals surface area (Å²) < 4.78 is 0. The number of nitrogens with zero attached hydrogens (tertiary/aromatic N) is 4. The molecule has 6 nitrogen and oxygen atoms in total. The minimum atomic E-state index is 0.435. The van der Waals surface area contributed by atoms with E-state index in [1.165, 1.54) is 0 Å². The number of nitrogens with one attached hydrogen (secondary N) is 2. The number of pyridine rings is 1. The molecule has 0 atom stereocenters. The summed E-state index contributed by atoms with van der Waals surface area (Å²) in [5.41, 5.74) is 2.89. The van der Waals surface area contributed by atoms with Crippen molar-refractivity contribution in [2.75, 3.05) is 37.8 Å². The number of piperidine rings is 1. The van der Waals surface area contributed by atoms with Gasteiger partial charge in [-0.2, -0.15) is 9.97 Å². The van der Waals surface area contributed by atoms with Crippen molar-refractivity contribution in [2.24, 2.45) is 0 Å². The molecule has 0 unspecified atom stereocenters. The molecular weight excluding hydrogens is 276 g/mol.